The number of halogens is 1. The second-order valence-corrected chi connectivity index (χ2v) is 8.47. The molecule has 0 radical (unpaired) electrons. The van der Waals surface area contributed by atoms with E-state index in [9.17, 15) is 4.79 Å². The van der Waals surface area contributed by atoms with Gasteiger partial charge < -0.3 is 9.80 Å². The number of nitrogens with zero attached hydrogens (tertiary/aromatic N) is 3. The first-order valence-electron chi connectivity index (χ1n) is 9.60. The highest BCUT2D eigenvalue weighted by atomic mass is 35.5. The summed E-state index contributed by atoms with van der Waals surface area (Å²) in [4.78, 5) is 19.7. The lowest BCUT2D eigenvalue weighted by Gasteiger charge is -2.25. The van der Waals surface area contributed by atoms with E-state index < -0.39 is 0 Å². The molecule has 1 aliphatic carbocycles. The van der Waals surface area contributed by atoms with Crippen LogP contribution in [0.3, 0.4) is 0 Å². The molecular formula is C20H28ClN3O. The second kappa shape index (κ2) is 7.26. The van der Waals surface area contributed by atoms with E-state index >= 15 is 0 Å². The largest absolute Gasteiger partial charge is 0.310 e. The molecule has 5 heteroatoms. The van der Waals surface area contributed by atoms with Crippen LogP contribution in [0.2, 0.25) is 5.02 Å². The lowest BCUT2D eigenvalue weighted by Crippen LogP contribution is -2.41. The van der Waals surface area contributed by atoms with Crippen molar-refractivity contribution in [1.29, 1.82) is 0 Å². The zero-order valence-electron chi connectivity index (χ0n) is 15.0. The van der Waals surface area contributed by atoms with Crippen molar-refractivity contribution in [1.82, 2.24) is 9.80 Å². The van der Waals surface area contributed by atoms with Crippen molar-refractivity contribution >= 4 is 23.2 Å². The van der Waals surface area contributed by atoms with Crippen LogP contribution in [0, 0.1) is 11.8 Å². The van der Waals surface area contributed by atoms with Gasteiger partial charge in [-0.25, -0.2) is 0 Å². The van der Waals surface area contributed by atoms with Gasteiger partial charge in [0.05, 0.1) is 16.8 Å². The number of carbonyl (C=O) groups is 1. The second-order valence-electron chi connectivity index (χ2n) is 8.06. The number of benzene rings is 1. The maximum absolute atomic E-state index is 12.9. The molecule has 2 unspecified atom stereocenters. The molecule has 2 heterocycles. The van der Waals surface area contributed by atoms with Gasteiger partial charge in [-0.05, 0) is 63.2 Å². The van der Waals surface area contributed by atoms with Crippen LogP contribution in [0.1, 0.15) is 25.7 Å². The normalized spacial score (nSPS) is 27.6. The van der Waals surface area contributed by atoms with E-state index in [-0.39, 0.29) is 11.9 Å². The monoisotopic (exact) mass is 361 g/mol. The molecule has 0 bridgehead atoms. The Morgan fingerprint density at radius 3 is 2.60 bits per heavy atom. The zero-order chi connectivity index (χ0) is 17.4. The van der Waals surface area contributed by atoms with Crippen molar-refractivity contribution < 1.29 is 4.79 Å². The van der Waals surface area contributed by atoms with Gasteiger partial charge in [-0.3, -0.25) is 9.69 Å². The van der Waals surface area contributed by atoms with Gasteiger partial charge >= 0.3 is 0 Å². The maximum atomic E-state index is 12.9. The van der Waals surface area contributed by atoms with E-state index in [1.165, 1.54) is 32.4 Å². The number of carbonyl (C=O) groups excluding carboxylic acids is 1. The zero-order valence-corrected chi connectivity index (χ0v) is 15.8. The number of likely N-dealkylation sites (tertiary alicyclic amines) is 1. The first-order valence-corrected chi connectivity index (χ1v) is 9.98. The molecular weight excluding hydrogens is 334 g/mol. The van der Waals surface area contributed by atoms with Crippen LogP contribution >= 0.6 is 11.6 Å². The molecule has 136 valence electrons. The third-order valence-corrected chi connectivity index (χ3v) is 6.23. The van der Waals surface area contributed by atoms with Gasteiger partial charge in [0.1, 0.15) is 0 Å². The van der Waals surface area contributed by atoms with Crippen LogP contribution in [0.25, 0.3) is 0 Å². The van der Waals surface area contributed by atoms with E-state index in [0.29, 0.717) is 10.9 Å². The summed E-state index contributed by atoms with van der Waals surface area (Å²) in [5.74, 6) is 1.87. The molecule has 2 atom stereocenters. The Bertz CT molecular complexity index is 633. The quantitative estimate of drug-likeness (QED) is 0.779. The topological polar surface area (TPSA) is 26.8 Å². The smallest absolute Gasteiger partial charge is 0.244 e. The summed E-state index contributed by atoms with van der Waals surface area (Å²) < 4.78 is 0. The number of hydrogen-bond donors (Lipinski definition) is 0. The molecule has 2 aliphatic heterocycles. The fraction of sp³-hybridized carbons (Fsp3) is 0.650. The molecule has 0 aromatic heterocycles. The number of amides is 1. The molecule has 1 saturated carbocycles. The fourth-order valence-corrected chi connectivity index (χ4v) is 4.70. The number of anilines is 1. The highest BCUT2D eigenvalue weighted by molar-refractivity contribution is 6.33. The predicted molar refractivity (Wildman–Crippen MR) is 102 cm³/mol. The third kappa shape index (κ3) is 3.86. The van der Waals surface area contributed by atoms with Gasteiger partial charge in [0.2, 0.25) is 5.91 Å². The van der Waals surface area contributed by atoms with Crippen LogP contribution in [0.5, 0.6) is 0 Å². The molecule has 3 fully saturated rings. The summed E-state index contributed by atoms with van der Waals surface area (Å²) >= 11 is 6.29. The molecule has 4 nitrogen and oxygen atoms in total. The van der Waals surface area contributed by atoms with Crippen molar-refractivity contribution in [2.45, 2.75) is 31.7 Å². The van der Waals surface area contributed by atoms with Crippen LogP contribution < -0.4 is 4.90 Å². The van der Waals surface area contributed by atoms with Gasteiger partial charge in [-0.15, -0.1) is 0 Å². The van der Waals surface area contributed by atoms with Crippen molar-refractivity contribution in [2.24, 2.45) is 11.8 Å². The van der Waals surface area contributed by atoms with Crippen LogP contribution in [0.15, 0.2) is 24.3 Å². The van der Waals surface area contributed by atoms with Crippen molar-refractivity contribution in [3.05, 3.63) is 29.3 Å². The Morgan fingerprint density at radius 2 is 1.84 bits per heavy atom. The molecule has 1 aromatic rings. The van der Waals surface area contributed by atoms with E-state index in [2.05, 4.69) is 16.8 Å². The Kier molecular flexibility index (Phi) is 5.03. The minimum Gasteiger partial charge on any atom is -0.310 e. The Hall–Kier alpha value is -1.10. The summed E-state index contributed by atoms with van der Waals surface area (Å²) in [7, 11) is 2.25. The van der Waals surface area contributed by atoms with Gasteiger partial charge in [-0.1, -0.05) is 23.7 Å². The Balaban J connectivity index is 1.33. The van der Waals surface area contributed by atoms with Gasteiger partial charge in [-0.2, -0.15) is 0 Å². The van der Waals surface area contributed by atoms with Crippen LogP contribution in [-0.4, -0.2) is 61.5 Å². The first kappa shape index (κ1) is 17.3. The number of hydrogen-bond acceptors (Lipinski definition) is 3. The summed E-state index contributed by atoms with van der Waals surface area (Å²) in [5.41, 5.74) is 0.858. The third-order valence-electron chi connectivity index (χ3n) is 5.92. The average Bonchev–Trinajstić information content (AvgIpc) is 3.14. The summed E-state index contributed by atoms with van der Waals surface area (Å²) in [6.45, 7) is 5.30. The van der Waals surface area contributed by atoms with Crippen molar-refractivity contribution in [3.8, 4) is 0 Å². The standard InChI is InChI=1S/C20H28ClN3O/c1-22(12-15-6-7-15)13-16-8-10-23(14-16)19-9-11-24(20(19)25)18-5-3-2-4-17(18)21/h2-5,15-16,19H,6-14H2,1H3. The summed E-state index contributed by atoms with van der Waals surface area (Å²) in [6.07, 6.45) is 4.95. The SMILES string of the molecule is CN(CC1CC1)CC1CCN(C2CCN(c3ccccc3Cl)C2=O)C1. The highest BCUT2D eigenvalue weighted by Crippen LogP contribution is 2.33. The van der Waals surface area contributed by atoms with E-state index in [1.54, 1.807) is 0 Å². The van der Waals surface area contributed by atoms with Crippen LogP contribution in [0.4, 0.5) is 5.69 Å². The minimum atomic E-state index is 0.0370. The Morgan fingerprint density at radius 1 is 1.08 bits per heavy atom. The first-order chi connectivity index (χ1) is 12.1. The lowest BCUT2D eigenvalue weighted by molar-refractivity contribution is -0.121. The predicted octanol–water partition coefficient (Wildman–Crippen LogP) is 3.11. The van der Waals surface area contributed by atoms with Crippen LogP contribution in [-0.2, 0) is 4.79 Å². The van der Waals surface area contributed by atoms with Gasteiger partial charge in [0, 0.05) is 26.2 Å². The highest BCUT2D eigenvalue weighted by Gasteiger charge is 2.40. The maximum Gasteiger partial charge on any atom is 0.244 e. The lowest BCUT2D eigenvalue weighted by atomic mass is 10.1. The van der Waals surface area contributed by atoms with E-state index in [0.717, 1.165) is 37.7 Å². The number of para-hydroxylation sites is 1. The van der Waals surface area contributed by atoms with Crippen molar-refractivity contribution in [3.63, 3.8) is 0 Å². The Labute approximate surface area is 155 Å². The summed E-state index contributed by atoms with van der Waals surface area (Å²) in [5, 5.41) is 0.664. The molecule has 0 spiro atoms. The minimum absolute atomic E-state index is 0.0370. The van der Waals surface area contributed by atoms with E-state index in [1.807, 2.05) is 29.2 Å². The fourth-order valence-electron chi connectivity index (χ4n) is 4.46. The molecule has 2 saturated heterocycles. The molecule has 0 N–H and O–H groups in total. The van der Waals surface area contributed by atoms with E-state index in [4.69, 9.17) is 11.6 Å². The summed E-state index contributed by atoms with van der Waals surface area (Å²) in [6, 6.07) is 7.70. The van der Waals surface area contributed by atoms with Gasteiger partial charge in [0.25, 0.3) is 0 Å². The molecule has 25 heavy (non-hydrogen) atoms. The van der Waals surface area contributed by atoms with Gasteiger partial charge in [0.15, 0.2) is 0 Å². The molecule has 4 rings (SSSR count). The number of rotatable bonds is 6. The molecule has 1 amide bonds. The molecule has 1 aromatic carbocycles. The average molecular weight is 362 g/mol. The molecule has 3 aliphatic rings. The van der Waals surface area contributed by atoms with Crippen molar-refractivity contribution in [2.75, 3.05) is 44.7 Å².